The summed E-state index contributed by atoms with van der Waals surface area (Å²) in [7, 11) is 4.30. The van der Waals surface area contributed by atoms with Gasteiger partial charge in [0, 0.05) is 26.1 Å². The number of hydrogen-bond acceptors (Lipinski definition) is 5. The van der Waals surface area contributed by atoms with Crippen LogP contribution in [-0.2, 0) is 6.42 Å². The molecule has 2 aliphatic rings. The topological polar surface area (TPSA) is 36.4 Å². The summed E-state index contributed by atoms with van der Waals surface area (Å²) in [5.74, 6) is 0.274. The second-order valence-corrected chi connectivity index (χ2v) is 8.35. The summed E-state index contributed by atoms with van der Waals surface area (Å²) in [4.78, 5) is 22.6. The van der Waals surface area contributed by atoms with Gasteiger partial charge in [-0.1, -0.05) is 25.2 Å². The Labute approximate surface area is 131 Å². The lowest BCUT2D eigenvalue weighted by Gasteiger charge is -2.26. The first-order chi connectivity index (χ1) is 9.85. The van der Waals surface area contributed by atoms with Crippen LogP contribution in [0.1, 0.15) is 48.5 Å². The van der Waals surface area contributed by atoms with E-state index in [1.807, 2.05) is 0 Å². The van der Waals surface area contributed by atoms with Crippen molar-refractivity contribution in [3.8, 4) is 0 Å². The highest BCUT2D eigenvalue weighted by molar-refractivity contribution is 7.17. The van der Waals surface area contributed by atoms with Gasteiger partial charge in [0.25, 0.3) is 0 Å². The lowest BCUT2D eigenvalue weighted by molar-refractivity contribution is 0.0916. The predicted molar refractivity (Wildman–Crippen MR) is 87.5 cm³/mol. The molecule has 21 heavy (non-hydrogen) atoms. The summed E-state index contributed by atoms with van der Waals surface area (Å²) < 4.78 is 0. The zero-order chi connectivity index (χ0) is 15.2. The van der Waals surface area contributed by atoms with Gasteiger partial charge in [-0.2, -0.15) is 0 Å². The number of thiazole rings is 1. The van der Waals surface area contributed by atoms with Crippen molar-refractivity contribution in [2.24, 2.45) is 5.41 Å². The minimum Gasteiger partial charge on any atom is -0.350 e. The highest BCUT2D eigenvalue weighted by Gasteiger charge is 2.34. The van der Waals surface area contributed by atoms with Crippen molar-refractivity contribution >= 4 is 22.3 Å². The van der Waals surface area contributed by atoms with Crippen LogP contribution in [0.2, 0.25) is 0 Å². The van der Waals surface area contributed by atoms with Crippen molar-refractivity contribution in [2.75, 3.05) is 32.1 Å². The van der Waals surface area contributed by atoms with E-state index in [0.29, 0.717) is 12.5 Å². The number of Topliss-reactive ketones (excluding diaryl/α,β-unsaturated/α-hetero) is 1. The fourth-order valence-electron chi connectivity index (χ4n) is 3.48. The zero-order valence-electron chi connectivity index (χ0n) is 13.5. The zero-order valence-corrected chi connectivity index (χ0v) is 14.3. The van der Waals surface area contributed by atoms with Gasteiger partial charge in [-0.3, -0.25) is 4.79 Å². The fourth-order valence-corrected chi connectivity index (χ4v) is 4.47. The molecule has 0 spiro atoms. The van der Waals surface area contributed by atoms with Crippen LogP contribution >= 0.6 is 11.3 Å². The summed E-state index contributed by atoms with van der Waals surface area (Å²) in [6.45, 7) is 6.51. The quantitative estimate of drug-likeness (QED) is 0.860. The smallest absolute Gasteiger partial charge is 0.186 e. The number of likely N-dealkylation sites (tertiary alicyclic amines) is 1. The van der Waals surface area contributed by atoms with Crippen LogP contribution in [0.3, 0.4) is 0 Å². The third kappa shape index (κ3) is 2.99. The van der Waals surface area contributed by atoms with Gasteiger partial charge in [0.2, 0.25) is 0 Å². The summed E-state index contributed by atoms with van der Waals surface area (Å²) in [6, 6.07) is 0.614. The summed E-state index contributed by atoms with van der Waals surface area (Å²) >= 11 is 1.58. The Morgan fingerprint density at radius 3 is 2.86 bits per heavy atom. The summed E-state index contributed by atoms with van der Waals surface area (Å²) in [6.07, 6.45) is 4.12. The van der Waals surface area contributed by atoms with Crippen LogP contribution in [-0.4, -0.2) is 48.9 Å². The monoisotopic (exact) mass is 307 g/mol. The third-order valence-electron chi connectivity index (χ3n) is 4.71. The molecule has 4 nitrogen and oxygen atoms in total. The predicted octanol–water partition coefficient (Wildman–Crippen LogP) is 2.83. The first-order valence-electron chi connectivity index (χ1n) is 7.80. The van der Waals surface area contributed by atoms with E-state index < -0.39 is 0 Å². The van der Waals surface area contributed by atoms with Crippen LogP contribution in [0.4, 0.5) is 5.13 Å². The minimum atomic E-state index is 0.0552. The van der Waals surface area contributed by atoms with Crippen LogP contribution in [0, 0.1) is 5.41 Å². The Morgan fingerprint density at radius 1 is 1.43 bits per heavy atom. The normalized spacial score (nSPS) is 25.1. The van der Waals surface area contributed by atoms with Crippen molar-refractivity contribution in [3.05, 3.63) is 10.6 Å². The molecule has 1 aromatic heterocycles. The second kappa shape index (κ2) is 5.36. The van der Waals surface area contributed by atoms with Crippen molar-refractivity contribution in [1.82, 2.24) is 9.88 Å². The molecule has 5 heteroatoms. The van der Waals surface area contributed by atoms with Crippen molar-refractivity contribution in [2.45, 2.75) is 45.6 Å². The molecule has 3 rings (SSSR count). The number of rotatable bonds is 3. The molecule has 116 valence electrons. The maximum absolute atomic E-state index is 12.3. The molecule has 0 aromatic carbocycles. The Kier molecular flexibility index (Phi) is 3.82. The Balaban J connectivity index is 1.76. The number of ketones is 1. The number of fused-ring (bicyclic) bond motifs is 1. The van der Waals surface area contributed by atoms with E-state index in [1.165, 1.54) is 19.4 Å². The van der Waals surface area contributed by atoms with E-state index in [9.17, 15) is 4.79 Å². The standard InChI is InChI=1S/C16H25N3OS/c1-16(2)8-12-14(13(20)9-16)21-15(17-12)19(4)10-11-6-5-7-18(11)3/h11H,5-10H2,1-4H3. The Hall–Kier alpha value is -0.940. The van der Waals surface area contributed by atoms with Gasteiger partial charge in [0.1, 0.15) is 0 Å². The van der Waals surface area contributed by atoms with E-state index in [0.717, 1.165) is 28.7 Å². The molecule has 0 radical (unpaired) electrons. The minimum absolute atomic E-state index is 0.0552. The number of carbonyl (C=O) groups is 1. The lowest BCUT2D eigenvalue weighted by atomic mass is 9.78. The summed E-state index contributed by atoms with van der Waals surface area (Å²) in [5, 5.41) is 1.01. The molecule has 1 unspecified atom stereocenters. The van der Waals surface area contributed by atoms with Crippen molar-refractivity contribution < 1.29 is 4.79 Å². The molecule has 1 fully saturated rings. The van der Waals surface area contributed by atoms with Gasteiger partial charge in [-0.15, -0.1) is 0 Å². The lowest BCUT2D eigenvalue weighted by Crippen LogP contribution is -2.36. The fraction of sp³-hybridized carbons (Fsp3) is 0.750. The van der Waals surface area contributed by atoms with Gasteiger partial charge in [-0.05, 0) is 38.3 Å². The maximum atomic E-state index is 12.3. The average Bonchev–Trinajstić information content (AvgIpc) is 2.95. The maximum Gasteiger partial charge on any atom is 0.186 e. The van der Waals surface area contributed by atoms with Crippen molar-refractivity contribution in [3.63, 3.8) is 0 Å². The molecular formula is C16H25N3OS. The number of carbonyl (C=O) groups excluding carboxylic acids is 1. The SMILES string of the molecule is CN(CC1CCCN1C)c1nc2c(s1)C(=O)CC(C)(C)C2. The van der Waals surface area contributed by atoms with E-state index in [-0.39, 0.29) is 11.2 Å². The number of aromatic nitrogens is 1. The summed E-state index contributed by atoms with van der Waals surface area (Å²) in [5.41, 5.74) is 1.07. The average molecular weight is 307 g/mol. The van der Waals surface area contributed by atoms with Gasteiger partial charge >= 0.3 is 0 Å². The van der Waals surface area contributed by atoms with E-state index >= 15 is 0 Å². The van der Waals surface area contributed by atoms with E-state index in [2.05, 4.69) is 37.7 Å². The Morgan fingerprint density at radius 2 is 2.19 bits per heavy atom. The van der Waals surface area contributed by atoms with Gasteiger partial charge in [0.15, 0.2) is 10.9 Å². The molecule has 0 bridgehead atoms. The van der Waals surface area contributed by atoms with Crippen LogP contribution in [0.15, 0.2) is 0 Å². The van der Waals surface area contributed by atoms with Gasteiger partial charge in [0.05, 0.1) is 10.6 Å². The molecule has 1 atom stereocenters. The number of anilines is 1. The van der Waals surface area contributed by atoms with Gasteiger partial charge < -0.3 is 9.80 Å². The molecule has 2 heterocycles. The molecule has 0 amide bonds. The Bertz CT molecular complexity index is 552. The highest BCUT2D eigenvalue weighted by atomic mass is 32.1. The van der Waals surface area contributed by atoms with Crippen molar-refractivity contribution in [1.29, 1.82) is 0 Å². The molecular weight excluding hydrogens is 282 g/mol. The molecule has 0 saturated carbocycles. The molecule has 0 N–H and O–H groups in total. The van der Waals surface area contributed by atoms with Gasteiger partial charge in [-0.25, -0.2) is 4.98 Å². The third-order valence-corrected chi connectivity index (χ3v) is 5.96. The van der Waals surface area contributed by atoms with Crippen LogP contribution < -0.4 is 4.90 Å². The molecule has 1 aliphatic carbocycles. The van der Waals surface area contributed by atoms with Crippen LogP contribution in [0.5, 0.6) is 0 Å². The van der Waals surface area contributed by atoms with Crippen LogP contribution in [0.25, 0.3) is 0 Å². The van der Waals surface area contributed by atoms with E-state index in [1.54, 1.807) is 11.3 Å². The largest absolute Gasteiger partial charge is 0.350 e. The number of hydrogen-bond donors (Lipinski definition) is 0. The molecule has 1 aliphatic heterocycles. The first kappa shape index (κ1) is 15.0. The second-order valence-electron chi connectivity index (χ2n) is 7.37. The molecule has 1 aromatic rings. The number of likely N-dealkylation sites (N-methyl/N-ethyl adjacent to an activating group) is 2. The first-order valence-corrected chi connectivity index (χ1v) is 8.62. The molecule has 1 saturated heterocycles. The number of nitrogens with zero attached hydrogens (tertiary/aromatic N) is 3. The van der Waals surface area contributed by atoms with E-state index in [4.69, 9.17) is 4.98 Å². The highest BCUT2D eigenvalue weighted by Crippen LogP contribution is 2.39.